The molecule has 126 valence electrons. The molecular formula is C16H22N6Y2-4. The Labute approximate surface area is 194 Å². The van der Waals surface area contributed by atoms with E-state index in [-0.39, 0.29) is 65.4 Å². The van der Waals surface area contributed by atoms with Crippen LogP contribution in [-0.4, -0.2) is 19.1 Å². The molecule has 0 atom stereocenters. The van der Waals surface area contributed by atoms with E-state index in [0.29, 0.717) is 11.6 Å². The van der Waals surface area contributed by atoms with Crippen molar-refractivity contribution in [1.29, 1.82) is 0 Å². The number of nitrogens with two attached hydrogens (primary N) is 2. The predicted octanol–water partition coefficient (Wildman–Crippen LogP) is 2.13. The quantitative estimate of drug-likeness (QED) is 0.651. The molecule has 4 N–H and O–H groups in total. The van der Waals surface area contributed by atoms with Gasteiger partial charge in [-0.2, -0.15) is 5.82 Å². The van der Waals surface area contributed by atoms with Crippen molar-refractivity contribution in [2.24, 2.45) is 5.73 Å². The van der Waals surface area contributed by atoms with Crippen LogP contribution < -0.4 is 11.5 Å². The molecule has 2 aromatic rings. The van der Waals surface area contributed by atoms with Crippen molar-refractivity contribution in [2.45, 2.75) is 41.5 Å². The second kappa shape index (κ2) is 12.1. The molecule has 0 aliphatic heterocycles. The average molecular weight is 476 g/mol. The van der Waals surface area contributed by atoms with E-state index in [1.165, 1.54) is 0 Å². The van der Waals surface area contributed by atoms with Gasteiger partial charge in [-0.15, -0.1) is 0 Å². The van der Waals surface area contributed by atoms with Gasteiger partial charge in [-0.1, -0.05) is 39.1 Å². The van der Waals surface area contributed by atoms with E-state index < -0.39 is 0 Å². The van der Waals surface area contributed by atoms with Crippen LogP contribution in [0.15, 0.2) is 0 Å². The third kappa shape index (κ3) is 6.55. The average Bonchev–Trinajstić information content (AvgIpc) is 3.02. The first-order valence-corrected chi connectivity index (χ1v) is 6.81. The molecule has 2 heterocycles. The summed E-state index contributed by atoms with van der Waals surface area (Å²) in [6, 6.07) is 0. The summed E-state index contributed by atoms with van der Waals surface area (Å²) in [4.78, 5) is 7.92. The first-order valence-electron chi connectivity index (χ1n) is 6.81. The monoisotopic (exact) mass is 476 g/mol. The van der Waals surface area contributed by atoms with Gasteiger partial charge in [0.15, 0.2) is 0 Å². The number of nitrogens with zero attached hydrogens (tertiary/aromatic N) is 4. The zero-order valence-electron chi connectivity index (χ0n) is 15.1. The van der Waals surface area contributed by atoms with Gasteiger partial charge in [0, 0.05) is 83.9 Å². The Morgan fingerprint density at radius 1 is 0.958 bits per heavy atom. The fourth-order valence-corrected chi connectivity index (χ4v) is 1.55. The summed E-state index contributed by atoms with van der Waals surface area (Å²) in [5.74, 6) is 1.18. The Morgan fingerprint density at radius 3 is 1.79 bits per heavy atom. The first kappa shape index (κ1) is 25.9. The maximum Gasteiger partial charge on any atom is 0.0400 e. The number of rotatable bonds is 2. The van der Waals surface area contributed by atoms with E-state index in [1.54, 1.807) is 16.1 Å². The third-order valence-electron chi connectivity index (χ3n) is 3.30. The first-order chi connectivity index (χ1) is 10.3. The maximum absolute atomic E-state index is 5.69. The van der Waals surface area contributed by atoms with Gasteiger partial charge in [0.25, 0.3) is 0 Å². The van der Waals surface area contributed by atoms with Crippen LogP contribution in [0.4, 0.5) is 5.82 Å². The van der Waals surface area contributed by atoms with Gasteiger partial charge < -0.3 is 42.7 Å². The molecule has 0 aliphatic carbocycles. The van der Waals surface area contributed by atoms with Gasteiger partial charge in [-0.05, 0) is 5.69 Å². The number of aryl methyl sites for hydroxylation is 2. The SMILES string of the molecule is C[C-]=C(C)n1[c-]nc(C)c1N.C[C-]=C(N)n1[c-]nc(C)c1C.[Y].[Y]. The maximum atomic E-state index is 5.69. The van der Waals surface area contributed by atoms with E-state index >= 15 is 0 Å². The predicted molar refractivity (Wildman–Crippen MR) is 87.9 cm³/mol. The minimum Gasteiger partial charge on any atom is -0.533 e. The number of anilines is 1. The number of allylic oxidation sites excluding steroid dienone is 3. The van der Waals surface area contributed by atoms with Gasteiger partial charge in [0.2, 0.25) is 0 Å². The van der Waals surface area contributed by atoms with Crippen molar-refractivity contribution < 1.29 is 65.4 Å². The Kier molecular flexibility index (Phi) is 13.1. The normalized spacial score (nSPS) is 11.1. The van der Waals surface area contributed by atoms with Gasteiger partial charge in [-0.3, -0.25) is 0 Å². The summed E-state index contributed by atoms with van der Waals surface area (Å²) in [7, 11) is 0. The van der Waals surface area contributed by atoms with Crippen molar-refractivity contribution in [1.82, 2.24) is 19.1 Å². The molecule has 0 saturated carbocycles. The molecule has 0 aliphatic rings. The standard InChI is InChI=1S/2C8H11N3.2Y/c1-4-8(9)11-5-10-6(2)7(11)3;1-4-6(2)11-5-10-7(3)8(11)9;;/h2*9H2,1-3H3;;/q2*-2;;. The fraction of sp³-hybridized carbons (Fsp3) is 0.375. The minimum atomic E-state index is 0. The molecule has 8 heteroatoms. The van der Waals surface area contributed by atoms with Gasteiger partial charge >= 0.3 is 0 Å². The van der Waals surface area contributed by atoms with E-state index in [9.17, 15) is 0 Å². The smallest absolute Gasteiger partial charge is 0.0400 e. The second-order valence-corrected chi connectivity index (χ2v) is 4.71. The molecular weight excluding hydrogens is 454 g/mol. The Morgan fingerprint density at radius 2 is 1.46 bits per heavy atom. The molecule has 0 saturated heterocycles. The molecule has 0 bridgehead atoms. The van der Waals surface area contributed by atoms with Crippen LogP contribution in [-0.2, 0) is 65.4 Å². The molecule has 6 nitrogen and oxygen atoms in total. The van der Waals surface area contributed by atoms with Crippen LogP contribution in [0.2, 0.25) is 0 Å². The molecule has 2 aromatic heterocycles. The molecule has 0 unspecified atom stereocenters. The van der Waals surface area contributed by atoms with E-state index in [4.69, 9.17) is 11.5 Å². The number of hydrogen-bond acceptors (Lipinski definition) is 4. The van der Waals surface area contributed by atoms with Crippen molar-refractivity contribution in [3.8, 4) is 0 Å². The summed E-state index contributed by atoms with van der Waals surface area (Å²) in [5, 5.41) is 0. The van der Waals surface area contributed by atoms with Crippen LogP contribution in [0, 0.1) is 45.6 Å². The van der Waals surface area contributed by atoms with Gasteiger partial charge in [0.1, 0.15) is 0 Å². The van der Waals surface area contributed by atoms with Crippen LogP contribution >= 0.6 is 0 Å². The summed E-state index contributed by atoms with van der Waals surface area (Å²) in [6.45, 7) is 11.2. The summed E-state index contributed by atoms with van der Waals surface area (Å²) >= 11 is 0. The van der Waals surface area contributed by atoms with Gasteiger partial charge in [0.05, 0.1) is 0 Å². The summed E-state index contributed by atoms with van der Waals surface area (Å²) in [5.41, 5.74) is 15.0. The fourth-order valence-electron chi connectivity index (χ4n) is 1.55. The van der Waals surface area contributed by atoms with Crippen LogP contribution in [0.25, 0.3) is 11.5 Å². The van der Waals surface area contributed by atoms with Crippen LogP contribution in [0.3, 0.4) is 0 Å². The summed E-state index contributed by atoms with van der Waals surface area (Å²) < 4.78 is 3.38. The summed E-state index contributed by atoms with van der Waals surface area (Å²) in [6.07, 6.45) is 11.3. The number of nitrogen functional groups attached to an aromatic ring is 1. The van der Waals surface area contributed by atoms with E-state index in [2.05, 4.69) is 34.8 Å². The molecule has 0 amide bonds. The number of hydrogen-bond donors (Lipinski definition) is 2. The van der Waals surface area contributed by atoms with Crippen LogP contribution in [0.5, 0.6) is 0 Å². The molecule has 0 aromatic carbocycles. The molecule has 2 radical (unpaired) electrons. The second-order valence-electron chi connectivity index (χ2n) is 4.71. The minimum absolute atomic E-state index is 0. The Bertz CT molecular complexity index is 637. The molecule has 2 rings (SSSR count). The number of aromatic nitrogens is 4. The van der Waals surface area contributed by atoms with E-state index in [0.717, 1.165) is 22.8 Å². The van der Waals surface area contributed by atoms with Crippen molar-refractivity contribution in [3.63, 3.8) is 0 Å². The van der Waals surface area contributed by atoms with Gasteiger partial charge in [-0.25, -0.2) is 19.5 Å². The van der Waals surface area contributed by atoms with Crippen LogP contribution in [0.1, 0.15) is 37.9 Å². The zero-order valence-corrected chi connectivity index (χ0v) is 20.8. The Hall–Kier alpha value is -0.292. The zero-order chi connectivity index (χ0) is 16.9. The van der Waals surface area contributed by atoms with E-state index in [1.807, 2.05) is 34.6 Å². The Balaban J connectivity index is 0. The number of imidazole rings is 2. The van der Waals surface area contributed by atoms with Crippen molar-refractivity contribution >= 4 is 17.3 Å². The van der Waals surface area contributed by atoms with Crippen molar-refractivity contribution in [2.75, 3.05) is 5.73 Å². The third-order valence-corrected chi connectivity index (χ3v) is 3.30. The molecule has 0 spiro atoms. The largest absolute Gasteiger partial charge is 0.533 e. The molecule has 24 heavy (non-hydrogen) atoms. The van der Waals surface area contributed by atoms with Crippen molar-refractivity contribution in [3.05, 3.63) is 41.9 Å². The topological polar surface area (TPSA) is 87.7 Å². The molecule has 0 fully saturated rings.